The molecule has 21 heavy (non-hydrogen) atoms. The highest BCUT2D eigenvalue weighted by atomic mass is 16.6. The van der Waals surface area contributed by atoms with E-state index in [1.165, 1.54) is 0 Å². The molecular formula is C13H16N2O6. The number of carbonyl (C=O) groups is 2. The second-order valence-corrected chi connectivity index (χ2v) is 5.07. The number of ether oxygens (including phenoxy) is 2. The zero-order valence-corrected chi connectivity index (χ0v) is 11.9. The molecule has 8 nitrogen and oxygen atoms in total. The van der Waals surface area contributed by atoms with E-state index in [1.54, 1.807) is 20.8 Å². The normalized spacial score (nSPS) is 11.4. The summed E-state index contributed by atoms with van der Waals surface area (Å²) in [7, 11) is 0. The van der Waals surface area contributed by atoms with Crippen molar-refractivity contribution in [1.29, 1.82) is 0 Å². The smallest absolute Gasteiger partial charge is 0.331 e. The number of carbonyl (C=O) groups excluding carboxylic acids is 2. The predicted octanol–water partition coefficient (Wildman–Crippen LogP) is 0.00430. The van der Waals surface area contributed by atoms with Crippen LogP contribution in [0.1, 0.15) is 26.3 Å². The summed E-state index contributed by atoms with van der Waals surface area (Å²) in [6, 6.07) is 0. The Morgan fingerprint density at radius 1 is 1.19 bits per heavy atom. The minimum Gasteiger partial charge on any atom is -0.457 e. The van der Waals surface area contributed by atoms with Gasteiger partial charge < -0.3 is 14.5 Å². The largest absolute Gasteiger partial charge is 0.457 e. The summed E-state index contributed by atoms with van der Waals surface area (Å²) in [4.78, 5) is 49.0. The van der Waals surface area contributed by atoms with Crippen LogP contribution in [0.5, 0.6) is 0 Å². The van der Waals surface area contributed by atoms with Gasteiger partial charge in [-0.15, -0.1) is 0 Å². The molecule has 0 aliphatic rings. The van der Waals surface area contributed by atoms with Crippen molar-refractivity contribution in [2.45, 2.75) is 33.0 Å². The summed E-state index contributed by atoms with van der Waals surface area (Å²) in [5.74, 6) is -1.49. The van der Waals surface area contributed by atoms with Crippen molar-refractivity contribution in [1.82, 2.24) is 9.97 Å². The quantitative estimate of drug-likeness (QED) is 0.596. The molecular weight excluding hydrogens is 280 g/mol. The highest BCUT2D eigenvalue weighted by molar-refractivity contribution is 5.91. The lowest BCUT2D eigenvalue weighted by molar-refractivity contribution is -0.149. The van der Waals surface area contributed by atoms with Gasteiger partial charge in [0.2, 0.25) is 0 Å². The Hall–Kier alpha value is -2.64. The van der Waals surface area contributed by atoms with E-state index in [-0.39, 0.29) is 12.2 Å². The van der Waals surface area contributed by atoms with E-state index >= 15 is 0 Å². The third-order valence-corrected chi connectivity index (χ3v) is 2.03. The minimum atomic E-state index is -0.813. The van der Waals surface area contributed by atoms with E-state index < -0.39 is 28.8 Å². The highest BCUT2D eigenvalue weighted by Gasteiger charge is 2.14. The Morgan fingerprint density at radius 2 is 1.81 bits per heavy atom. The van der Waals surface area contributed by atoms with Crippen LogP contribution in [0, 0.1) is 0 Å². The summed E-state index contributed by atoms with van der Waals surface area (Å²) >= 11 is 0. The van der Waals surface area contributed by atoms with Gasteiger partial charge >= 0.3 is 17.6 Å². The Kier molecular flexibility index (Phi) is 5.23. The first-order valence-electron chi connectivity index (χ1n) is 6.06. The van der Waals surface area contributed by atoms with Gasteiger partial charge in [0.25, 0.3) is 5.56 Å². The van der Waals surface area contributed by atoms with Crippen LogP contribution in [0.4, 0.5) is 0 Å². The van der Waals surface area contributed by atoms with Gasteiger partial charge in [0.1, 0.15) is 12.2 Å². The molecule has 0 amide bonds. The lowest BCUT2D eigenvalue weighted by Crippen LogP contribution is -2.25. The van der Waals surface area contributed by atoms with Crippen LogP contribution < -0.4 is 11.2 Å². The molecule has 0 spiro atoms. The lowest BCUT2D eigenvalue weighted by Gasteiger charge is -2.17. The molecule has 1 aromatic rings. The summed E-state index contributed by atoms with van der Waals surface area (Å²) in [5.41, 5.74) is -1.88. The molecule has 0 unspecified atom stereocenters. The van der Waals surface area contributed by atoms with Crippen molar-refractivity contribution >= 4 is 11.9 Å². The van der Waals surface area contributed by atoms with Crippen LogP contribution in [0.2, 0.25) is 0 Å². The summed E-state index contributed by atoms with van der Waals surface area (Å²) in [6.45, 7) is 4.75. The average molecular weight is 296 g/mol. The van der Waals surface area contributed by atoms with E-state index in [0.717, 1.165) is 18.3 Å². The van der Waals surface area contributed by atoms with Gasteiger partial charge in [-0.05, 0) is 20.8 Å². The number of aromatic nitrogens is 2. The van der Waals surface area contributed by atoms with Crippen molar-refractivity contribution in [2.75, 3.05) is 0 Å². The molecule has 0 atom stereocenters. The number of rotatable bonds is 4. The van der Waals surface area contributed by atoms with Crippen molar-refractivity contribution in [3.63, 3.8) is 0 Å². The van der Waals surface area contributed by atoms with E-state index in [4.69, 9.17) is 9.47 Å². The molecule has 0 saturated carbocycles. The minimum absolute atomic E-state index is 0.0774. The van der Waals surface area contributed by atoms with Crippen molar-refractivity contribution in [3.05, 3.63) is 44.8 Å². The SMILES string of the molecule is CC(C)(C)OC(=O)/C=C/C(=O)OCc1c[nH]c(=O)[nH]c1=O. The molecule has 0 aliphatic heterocycles. The zero-order chi connectivity index (χ0) is 16.0. The van der Waals surface area contributed by atoms with E-state index in [0.29, 0.717) is 0 Å². The van der Waals surface area contributed by atoms with Crippen molar-refractivity contribution in [2.24, 2.45) is 0 Å². The van der Waals surface area contributed by atoms with Gasteiger partial charge in [-0.3, -0.25) is 9.78 Å². The zero-order valence-electron chi connectivity index (χ0n) is 11.9. The van der Waals surface area contributed by atoms with Crippen LogP contribution >= 0.6 is 0 Å². The number of esters is 2. The number of hydrogen-bond acceptors (Lipinski definition) is 6. The standard InChI is InChI=1S/C13H16N2O6/c1-13(2,3)21-10(17)5-4-9(16)20-7-8-6-14-12(19)15-11(8)18/h4-6H,7H2,1-3H3,(H2,14,15,18,19)/b5-4+. The molecule has 0 radical (unpaired) electrons. The van der Waals surface area contributed by atoms with Crippen LogP contribution in [0.25, 0.3) is 0 Å². The monoisotopic (exact) mass is 296 g/mol. The first-order chi connectivity index (χ1) is 9.67. The second kappa shape index (κ2) is 6.69. The van der Waals surface area contributed by atoms with Crippen LogP contribution in [-0.2, 0) is 25.7 Å². The van der Waals surface area contributed by atoms with Gasteiger partial charge in [-0.25, -0.2) is 14.4 Å². The molecule has 2 N–H and O–H groups in total. The molecule has 114 valence electrons. The lowest BCUT2D eigenvalue weighted by atomic mass is 10.2. The molecule has 1 heterocycles. The average Bonchev–Trinajstić information content (AvgIpc) is 2.33. The molecule has 0 bridgehead atoms. The fourth-order valence-electron chi connectivity index (χ4n) is 1.21. The highest BCUT2D eigenvalue weighted by Crippen LogP contribution is 2.07. The van der Waals surface area contributed by atoms with Gasteiger partial charge in [0.05, 0.1) is 5.56 Å². The maximum Gasteiger partial charge on any atom is 0.331 e. The van der Waals surface area contributed by atoms with E-state index in [9.17, 15) is 19.2 Å². The maximum atomic E-state index is 11.4. The van der Waals surface area contributed by atoms with E-state index in [1.807, 2.05) is 4.98 Å². The first kappa shape index (κ1) is 16.4. The molecule has 0 aromatic carbocycles. The first-order valence-corrected chi connectivity index (χ1v) is 6.06. The molecule has 0 saturated heterocycles. The summed E-state index contributed by atoms with van der Waals surface area (Å²) < 4.78 is 9.71. The van der Waals surface area contributed by atoms with Crippen LogP contribution in [-0.4, -0.2) is 27.5 Å². The maximum absolute atomic E-state index is 11.4. The van der Waals surface area contributed by atoms with Crippen LogP contribution in [0.15, 0.2) is 27.9 Å². The molecule has 0 aliphatic carbocycles. The van der Waals surface area contributed by atoms with Gasteiger partial charge in [-0.1, -0.05) is 0 Å². The molecule has 1 rings (SSSR count). The third-order valence-electron chi connectivity index (χ3n) is 2.03. The third kappa shape index (κ3) is 6.37. The molecule has 0 fully saturated rings. The number of aromatic amines is 2. The second-order valence-electron chi connectivity index (χ2n) is 5.07. The summed E-state index contributed by atoms with van der Waals surface area (Å²) in [6.07, 6.45) is 2.98. The predicted molar refractivity (Wildman–Crippen MR) is 72.5 cm³/mol. The number of hydrogen-bond donors (Lipinski definition) is 2. The van der Waals surface area contributed by atoms with Gasteiger partial charge in [-0.2, -0.15) is 0 Å². The Morgan fingerprint density at radius 3 is 2.38 bits per heavy atom. The number of H-pyrrole nitrogens is 2. The topological polar surface area (TPSA) is 118 Å². The van der Waals surface area contributed by atoms with Crippen molar-refractivity contribution < 1.29 is 19.1 Å². The van der Waals surface area contributed by atoms with E-state index in [2.05, 4.69) is 4.98 Å². The Labute approximate surface area is 119 Å². The van der Waals surface area contributed by atoms with Crippen molar-refractivity contribution in [3.8, 4) is 0 Å². The fraction of sp³-hybridized carbons (Fsp3) is 0.385. The number of nitrogens with one attached hydrogen (secondary N) is 2. The Balaban J connectivity index is 2.53. The summed E-state index contributed by atoms with van der Waals surface area (Å²) in [5, 5.41) is 0. The fourth-order valence-corrected chi connectivity index (χ4v) is 1.21. The molecule has 8 heteroatoms. The van der Waals surface area contributed by atoms with Crippen LogP contribution in [0.3, 0.4) is 0 Å². The molecule has 1 aromatic heterocycles. The van der Waals surface area contributed by atoms with Gasteiger partial charge in [0, 0.05) is 18.3 Å². The van der Waals surface area contributed by atoms with Gasteiger partial charge in [0.15, 0.2) is 0 Å². The Bertz CT molecular complexity index is 662.